The highest BCUT2D eigenvalue weighted by atomic mass is 35.5. The molecule has 0 saturated heterocycles. The summed E-state index contributed by atoms with van der Waals surface area (Å²) in [4.78, 5) is 23.8. The number of halogens is 4. The number of nitrogens with one attached hydrogen (secondary N) is 1. The van der Waals surface area contributed by atoms with Crippen molar-refractivity contribution in [1.29, 1.82) is 0 Å². The number of amides is 1. The predicted octanol–water partition coefficient (Wildman–Crippen LogP) is 4.75. The second-order valence-electron chi connectivity index (χ2n) is 6.36. The normalized spacial score (nSPS) is 12.7. The first-order chi connectivity index (χ1) is 13.7. The first kappa shape index (κ1) is 20.8. The van der Waals surface area contributed by atoms with Crippen molar-refractivity contribution in [2.45, 2.75) is 32.0 Å². The molecule has 0 aliphatic rings. The van der Waals surface area contributed by atoms with Crippen LogP contribution in [0.5, 0.6) is 0 Å². The molecule has 0 radical (unpaired) electrons. The van der Waals surface area contributed by atoms with Crippen LogP contribution in [0.2, 0.25) is 5.02 Å². The number of benzene rings is 1. The highest BCUT2D eigenvalue weighted by molar-refractivity contribution is 6.31. The molecule has 0 spiro atoms. The van der Waals surface area contributed by atoms with E-state index < -0.39 is 23.7 Å². The molecule has 3 N–H and O–H groups in total. The van der Waals surface area contributed by atoms with Gasteiger partial charge in [0.15, 0.2) is 5.69 Å². The quantitative estimate of drug-likeness (QED) is 0.596. The highest BCUT2D eigenvalue weighted by Crippen LogP contribution is 2.37. The molecular formula is C19H17ClF3N5O. The Labute approximate surface area is 169 Å². The van der Waals surface area contributed by atoms with Gasteiger partial charge in [-0.3, -0.25) is 4.79 Å². The van der Waals surface area contributed by atoms with Crippen molar-refractivity contribution in [2.75, 3.05) is 5.32 Å². The number of pyridine rings is 1. The molecular weight excluding hydrogens is 407 g/mol. The number of primary amides is 1. The van der Waals surface area contributed by atoms with Crippen molar-refractivity contribution in [3.05, 3.63) is 58.6 Å². The molecule has 2 aromatic heterocycles. The molecule has 2 heterocycles. The molecule has 0 aliphatic heterocycles. The highest BCUT2D eigenvalue weighted by Gasteiger charge is 2.34. The summed E-state index contributed by atoms with van der Waals surface area (Å²) in [5.41, 5.74) is 5.12. The van der Waals surface area contributed by atoms with Gasteiger partial charge in [-0.2, -0.15) is 13.2 Å². The standard InChI is InChI=1S/C19H17ClF3N5O/c1-2-3-14(10-4-5-13(20)12(8-10)19(21,22)23)28-18-11-6-7-25-16(17(24)29)15(11)26-9-27-18/h4-9,14H,2-3H2,1H3,(H2,24,29)(H,26,27,28)/t14-/m1/s1. The van der Waals surface area contributed by atoms with E-state index in [9.17, 15) is 18.0 Å². The maximum Gasteiger partial charge on any atom is 0.417 e. The molecule has 1 aromatic carbocycles. The van der Waals surface area contributed by atoms with Crippen molar-refractivity contribution in [1.82, 2.24) is 15.0 Å². The average molecular weight is 424 g/mol. The van der Waals surface area contributed by atoms with Crippen LogP contribution in [0, 0.1) is 0 Å². The molecule has 3 aromatic rings. The van der Waals surface area contributed by atoms with E-state index in [4.69, 9.17) is 17.3 Å². The van der Waals surface area contributed by atoms with Gasteiger partial charge in [0.05, 0.1) is 16.6 Å². The van der Waals surface area contributed by atoms with Crippen LogP contribution in [0.3, 0.4) is 0 Å². The molecule has 3 rings (SSSR count). The zero-order valence-corrected chi connectivity index (χ0v) is 16.1. The number of carbonyl (C=O) groups excluding carboxylic acids is 1. The minimum atomic E-state index is -4.56. The number of anilines is 1. The van der Waals surface area contributed by atoms with Crippen molar-refractivity contribution in [3.8, 4) is 0 Å². The Morgan fingerprint density at radius 3 is 2.66 bits per heavy atom. The summed E-state index contributed by atoms with van der Waals surface area (Å²) in [6.45, 7) is 1.92. The van der Waals surface area contributed by atoms with Gasteiger partial charge < -0.3 is 11.1 Å². The maximum absolute atomic E-state index is 13.3. The van der Waals surface area contributed by atoms with E-state index in [1.807, 2.05) is 6.92 Å². The lowest BCUT2D eigenvalue weighted by molar-refractivity contribution is -0.137. The number of aromatic nitrogens is 3. The Morgan fingerprint density at radius 1 is 1.24 bits per heavy atom. The molecule has 6 nitrogen and oxygen atoms in total. The summed E-state index contributed by atoms with van der Waals surface area (Å²) in [7, 11) is 0. The summed E-state index contributed by atoms with van der Waals surface area (Å²) < 4.78 is 39.8. The van der Waals surface area contributed by atoms with E-state index in [0.29, 0.717) is 29.6 Å². The molecule has 1 atom stereocenters. The number of hydrogen-bond donors (Lipinski definition) is 2. The van der Waals surface area contributed by atoms with Crippen molar-refractivity contribution >= 4 is 34.2 Å². The van der Waals surface area contributed by atoms with Crippen molar-refractivity contribution in [2.24, 2.45) is 5.73 Å². The fraction of sp³-hybridized carbons (Fsp3) is 0.263. The molecule has 0 saturated carbocycles. The van der Waals surface area contributed by atoms with Crippen LogP contribution in [0.1, 0.15) is 47.4 Å². The van der Waals surface area contributed by atoms with Crippen LogP contribution in [0.25, 0.3) is 10.9 Å². The van der Waals surface area contributed by atoms with Gasteiger partial charge >= 0.3 is 6.18 Å². The second-order valence-corrected chi connectivity index (χ2v) is 6.77. The average Bonchev–Trinajstić information content (AvgIpc) is 2.67. The lowest BCUT2D eigenvalue weighted by Gasteiger charge is -2.21. The number of fused-ring (bicyclic) bond motifs is 1. The van der Waals surface area contributed by atoms with Gasteiger partial charge in [0.1, 0.15) is 17.7 Å². The van der Waals surface area contributed by atoms with E-state index in [2.05, 4.69) is 20.3 Å². The van der Waals surface area contributed by atoms with E-state index in [1.165, 1.54) is 18.6 Å². The molecule has 1 amide bonds. The fourth-order valence-electron chi connectivity index (χ4n) is 3.04. The van der Waals surface area contributed by atoms with Gasteiger partial charge in [-0.05, 0) is 30.2 Å². The maximum atomic E-state index is 13.3. The number of nitrogens with zero attached hydrogens (tertiary/aromatic N) is 3. The van der Waals surface area contributed by atoms with Crippen LogP contribution in [0.15, 0.2) is 36.8 Å². The molecule has 0 fully saturated rings. The zero-order chi connectivity index (χ0) is 21.2. The lowest BCUT2D eigenvalue weighted by Crippen LogP contribution is -2.16. The summed E-state index contributed by atoms with van der Waals surface area (Å²) in [5, 5.41) is 3.29. The topological polar surface area (TPSA) is 93.8 Å². The number of nitrogens with two attached hydrogens (primary N) is 1. The van der Waals surface area contributed by atoms with Gasteiger partial charge in [0.2, 0.25) is 0 Å². The number of carbonyl (C=O) groups is 1. The SMILES string of the molecule is CCC[C@@H](Nc1ncnc2c(C(N)=O)nccc12)c1ccc(Cl)c(C(F)(F)F)c1. The molecule has 0 aliphatic carbocycles. The first-order valence-electron chi connectivity index (χ1n) is 8.75. The Morgan fingerprint density at radius 2 is 2.00 bits per heavy atom. The van der Waals surface area contributed by atoms with Crippen LogP contribution >= 0.6 is 11.6 Å². The number of rotatable bonds is 6. The van der Waals surface area contributed by atoms with Gasteiger partial charge in [0.25, 0.3) is 5.91 Å². The van der Waals surface area contributed by atoms with E-state index in [0.717, 1.165) is 6.07 Å². The summed E-state index contributed by atoms with van der Waals surface area (Å²) in [6, 6.07) is 4.95. The van der Waals surface area contributed by atoms with E-state index >= 15 is 0 Å². The third kappa shape index (κ3) is 4.40. The zero-order valence-electron chi connectivity index (χ0n) is 15.3. The monoisotopic (exact) mass is 423 g/mol. The Balaban J connectivity index is 2.05. The Hall–Kier alpha value is -2.94. The fourth-order valence-corrected chi connectivity index (χ4v) is 3.26. The van der Waals surface area contributed by atoms with Crippen LogP contribution in [-0.2, 0) is 6.18 Å². The minimum absolute atomic E-state index is 0.00848. The predicted molar refractivity (Wildman–Crippen MR) is 104 cm³/mol. The molecule has 29 heavy (non-hydrogen) atoms. The number of alkyl halides is 3. The van der Waals surface area contributed by atoms with Crippen LogP contribution in [-0.4, -0.2) is 20.9 Å². The molecule has 152 valence electrons. The Kier molecular flexibility index (Phi) is 5.88. The second kappa shape index (κ2) is 8.20. The summed E-state index contributed by atoms with van der Waals surface area (Å²) in [6.07, 6.45) is -0.675. The third-order valence-electron chi connectivity index (χ3n) is 4.37. The van der Waals surface area contributed by atoms with Gasteiger partial charge in [0, 0.05) is 11.6 Å². The van der Waals surface area contributed by atoms with E-state index in [-0.39, 0.29) is 16.2 Å². The largest absolute Gasteiger partial charge is 0.417 e. The lowest BCUT2D eigenvalue weighted by atomic mass is 9.99. The van der Waals surface area contributed by atoms with Crippen molar-refractivity contribution < 1.29 is 18.0 Å². The van der Waals surface area contributed by atoms with Crippen LogP contribution < -0.4 is 11.1 Å². The van der Waals surface area contributed by atoms with Crippen molar-refractivity contribution in [3.63, 3.8) is 0 Å². The van der Waals surface area contributed by atoms with Gasteiger partial charge in [-0.1, -0.05) is 31.0 Å². The first-order valence-corrected chi connectivity index (χ1v) is 9.12. The molecule has 0 bridgehead atoms. The summed E-state index contributed by atoms with van der Waals surface area (Å²) in [5.74, 6) is -0.375. The molecule has 10 heteroatoms. The van der Waals surface area contributed by atoms with E-state index in [1.54, 1.807) is 12.1 Å². The number of hydrogen-bond acceptors (Lipinski definition) is 5. The van der Waals surface area contributed by atoms with Gasteiger partial charge in [-0.15, -0.1) is 0 Å². The van der Waals surface area contributed by atoms with Gasteiger partial charge in [-0.25, -0.2) is 15.0 Å². The smallest absolute Gasteiger partial charge is 0.364 e. The molecule has 0 unspecified atom stereocenters. The summed E-state index contributed by atoms with van der Waals surface area (Å²) >= 11 is 5.74. The van der Waals surface area contributed by atoms with Crippen LogP contribution in [0.4, 0.5) is 19.0 Å². The Bertz CT molecular complexity index is 1060. The third-order valence-corrected chi connectivity index (χ3v) is 4.70. The minimum Gasteiger partial charge on any atom is -0.364 e.